The number of hydrogen-bond donors (Lipinski definition) is 1. The van der Waals surface area contributed by atoms with Gasteiger partial charge in [-0.3, -0.25) is 4.68 Å². The molecule has 1 rings (SSSR count). The zero-order chi connectivity index (χ0) is 10.6. The summed E-state index contributed by atoms with van der Waals surface area (Å²) >= 11 is 0. The normalized spacial score (nSPS) is 12.0. The molecule has 0 amide bonds. The van der Waals surface area contributed by atoms with E-state index < -0.39 is 11.7 Å². The van der Waals surface area contributed by atoms with Crippen LogP contribution in [0.1, 0.15) is 18.4 Å². The largest absolute Gasteiger partial charge is 0.419 e. The fourth-order valence-electron chi connectivity index (χ4n) is 1.02. The topological polar surface area (TPSA) is 38.0 Å². The summed E-state index contributed by atoms with van der Waals surface area (Å²) in [6, 6.07) is 0. The summed E-state index contributed by atoms with van der Waals surface area (Å²) < 4.78 is 37.5. The second kappa shape index (κ2) is 4.45. The van der Waals surface area contributed by atoms with Crippen molar-refractivity contribution in [1.82, 2.24) is 9.78 Å². The van der Waals surface area contributed by atoms with Crippen LogP contribution < -0.4 is 0 Å². The van der Waals surface area contributed by atoms with Gasteiger partial charge in [0.1, 0.15) is 0 Å². The SMILES string of the molecule is OCCCCn1cc(C(F)(F)F)cn1. The fourth-order valence-corrected chi connectivity index (χ4v) is 1.02. The molecular weight excluding hydrogens is 197 g/mol. The second-order valence-electron chi connectivity index (χ2n) is 2.92. The van der Waals surface area contributed by atoms with Gasteiger partial charge >= 0.3 is 6.18 Å². The summed E-state index contributed by atoms with van der Waals surface area (Å²) in [5, 5.41) is 12.0. The number of aliphatic hydroxyl groups is 1. The van der Waals surface area contributed by atoms with Gasteiger partial charge in [0.25, 0.3) is 0 Å². The van der Waals surface area contributed by atoms with E-state index in [1.807, 2.05) is 0 Å². The summed E-state index contributed by atoms with van der Waals surface area (Å²) in [5.41, 5.74) is -0.735. The molecule has 0 aliphatic rings. The lowest BCUT2D eigenvalue weighted by Crippen LogP contribution is -2.03. The maximum Gasteiger partial charge on any atom is 0.419 e. The van der Waals surface area contributed by atoms with Gasteiger partial charge in [-0.05, 0) is 12.8 Å². The molecule has 0 bridgehead atoms. The van der Waals surface area contributed by atoms with Crippen LogP contribution in [0.4, 0.5) is 13.2 Å². The number of aryl methyl sites for hydroxylation is 1. The first-order chi connectivity index (χ1) is 6.54. The molecule has 0 aliphatic carbocycles. The van der Waals surface area contributed by atoms with E-state index in [1.54, 1.807) is 0 Å². The Kier molecular flexibility index (Phi) is 3.51. The number of aromatic nitrogens is 2. The highest BCUT2D eigenvalue weighted by atomic mass is 19.4. The standard InChI is InChI=1S/C8H11F3N2O/c9-8(10,11)7-5-12-13(6-7)3-1-2-4-14/h5-6,14H,1-4H2. The number of hydrogen-bond acceptors (Lipinski definition) is 2. The smallest absolute Gasteiger partial charge is 0.396 e. The Morgan fingerprint density at radius 2 is 2.07 bits per heavy atom. The van der Waals surface area contributed by atoms with Gasteiger partial charge in [0.2, 0.25) is 0 Å². The molecule has 80 valence electrons. The molecule has 1 N–H and O–H groups in total. The summed E-state index contributed by atoms with van der Waals surface area (Å²) in [5.74, 6) is 0. The van der Waals surface area contributed by atoms with Crippen LogP contribution in [0.5, 0.6) is 0 Å². The van der Waals surface area contributed by atoms with E-state index in [-0.39, 0.29) is 6.61 Å². The van der Waals surface area contributed by atoms with Crippen molar-refractivity contribution in [3.8, 4) is 0 Å². The Labute approximate surface area is 79.2 Å². The number of rotatable bonds is 4. The molecule has 0 saturated heterocycles. The highest BCUT2D eigenvalue weighted by molar-refractivity contribution is 5.08. The maximum absolute atomic E-state index is 12.1. The lowest BCUT2D eigenvalue weighted by molar-refractivity contribution is -0.137. The van der Waals surface area contributed by atoms with Crippen LogP contribution in [0.25, 0.3) is 0 Å². The van der Waals surface area contributed by atoms with Crippen LogP contribution in [0.3, 0.4) is 0 Å². The molecule has 1 aromatic heterocycles. The highest BCUT2D eigenvalue weighted by Gasteiger charge is 2.31. The lowest BCUT2D eigenvalue weighted by Gasteiger charge is -2.01. The minimum absolute atomic E-state index is 0.0490. The van der Waals surface area contributed by atoms with Gasteiger partial charge in [0.05, 0.1) is 11.8 Å². The zero-order valence-corrected chi connectivity index (χ0v) is 7.46. The molecule has 0 aliphatic heterocycles. The Bertz CT molecular complexity index is 282. The van der Waals surface area contributed by atoms with Crippen LogP contribution in [-0.4, -0.2) is 21.5 Å². The van der Waals surface area contributed by atoms with Crippen molar-refractivity contribution in [3.05, 3.63) is 18.0 Å². The van der Waals surface area contributed by atoms with E-state index in [1.165, 1.54) is 4.68 Å². The van der Waals surface area contributed by atoms with Gasteiger partial charge in [-0.15, -0.1) is 0 Å². The molecule has 6 heteroatoms. The first-order valence-corrected chi connectivity index (χ1v) is 4.24. The van der Waals surface area contributed by atoms with Crippen molar-refractivity contribution >= 4 is 0 Å². The van der Waals surface area contributed by atoms with Gasteiger partial charge in [-0.25, -0.2) is 0 Å². The van der Waals surface area contributed by atoms with E-state index in [0.717, 1.165) is 12.4 Å². The molecule has 0 saturated carbocycles. The predicted molar refractivity (Wildman–Crippen MR) is 43.5 cm³/mol. The van der Waals surface area contributed by atoms with Gasteiger partial charge in [0, 0.05) is 19.3 Å². The quantitative estimate of drug-likeness (QED) is 0.764. The zero-order valence-electron chi connectivity index (χ0n) is 7.46. The van der Waals surface area contributed by atoms with Crippen molar-refractivity contribution < 1.29 is 18.3 Å². The molecule has 0 radical (unpaired) electrons. The molecule has 3 nitrogen and oxygen atoms in total. The summed E-state index contributed by atoms with van der Waals surface area (Å²) in [6.45, 7) is 0.448. The number of nitrogens with zero attached hydrogens (tertiary/aromatic N) is 2. The van der Waals surface area contributed by atoms with Gasteiger partial charge in [-0.2, -0.15) is 18.3 Å². The number of halogens is 3. The first kappa shape index (κ1) is 11.0. The van der Waals surface area contributed by atoms with Gasteiger partial charge < -0.3 is 5.11 Å². The van der Waals surface area contributed by atoms with Crippen molar-refractivity contribution in [2.45, 2.75) is 25.6 Å². The minimum atomic E-state index is -4.32. The molecule has 1 aromatic rings. The molecular formula is C8H11F3N2O. The van der Waals surface area contributed by atoms with Crippen LogP contribution in [0.2, 0.25) is 0 Å². The third-order valence-electron chi connectivity index (χ3n) is 1.76. The molecule has 0 spiro atoms. The minimum Gasteiger partial charge on any atom is -0.396 e. The Hall–Kier alpha value is -1.04. The number of unbranched alkanes of at least 4 members (excludes halogenated alkanes) is 1. The number of aliphatic hydroxyl groups excluding tert-OH is 1. The molecule has 0 unspecified atom stereocenters. The molecule has 0 fully saturated rings. The maximum atomic E-state index is 12.1. The molecule has 1 heterocycles. The first-order valence-electron chi connectivity index (χ1n) is 4.24. The average Bonchev–Trinajstić information content (AvgIpc) is 2.52. The van der Waals surface area contributed by atoms with E-state index in [2.05, 4.69) is 5.10 Å². The average molecular weight is 208 g/mol. The molecule has 0 aromatic carbocycles. The summed E-state index contributed by atoms with van der Waals surface area (Å²) in [7, 11) is 0. The highest BCUT2D eigenvalue weighted by Crippen LogP contribution is 2.28. The van der Waals surface area contributed by atoms with Gasteiger partial charge in [0.15, 0.2) is 0 Å². The predicted octanol–water partition coefficient (Wildman–Crippen LogP) is 1.67. The van der Waals surface area contributed by atoms with Crippen LogP contribution in [-0.2, 0) is 12.7 Å². The Morgan fingerprint density at radius 1 is 1.36 bits per heavy atom. The third-order valence-corrected chi connectivity index (χ3v) is 1.76. The fraction of sp³-hybridized carbons (Fsp3) is 0.625. The van der Waals surface area contributed by atoms with Crippen LogP contribution in [0, 0.1) is 0 Å². The van der Waals surface area contributed by atoms with Gasteiger partial charge in [-0.1, -0.05) is 0 Å². The summed E-state index contributed by atoms with van der Waals surface area (Å²) in [4.78, 5) is 0. The summed E-state index contributed by atoms with van der Waals surface area (Å²) in [6.07, 6.45) is -1.36. The number of alkyl halides is 3. The third kappa shape index (κ3) is 3.02. The van der Waals surface area contributed by atoms with E-state index >= 15 is 0 Å². The monoisotopic (exact) mass is 208 g/mol. The van der Waals surface area contributed by atoms with Crippen molar-refractivity contribution in [2.24, 2.45) is 0 Å². The lowest BCUT2D eigenvalue weighted by atomic mass is 10.3. The van der Waals surface area contributed by atoms with E-state index in [0.29, 0.717) is 19.4 Å². The van der Waals surface area contributed by atoms with E-state index in [9.17, 15) is 13.2 Å². The van der Waals surface area contributed by atoms with E-state index in [4.69, 9.17) is 5.11 Å². The second-order valence-corrected chi connectivity index (χ2v) is 2.92. The van der Waals surface area contributed by atoms with Crippen molar-refractivity contribution in [1.29, 1.82) is 0 Å². The molecule has 14 heavy (non-hydrogen) atoms. The molecule has 0 atom stereocenters. The van der Waals surface area contributed by atoms with Crippen LogP contribution >= 0.6 is 0 Å². The Balaban J connectivity index is 2.51. The van der Waals surface area contributed by atoms with Crippen LogP contribution in [0.15, 0.2) is 12.4 Å². The van der Waals surface area contributed by atoms with Crippen molar-refractivity contribution in [3.63, 3.8) is 0 Å². The Morgan fingerprint density at radius 3 is 2.57 bits per heavy atom. The van der Waals surface area contributed by atoms with Crippen molar-refractivity contribution in [2.75, 3.05) is 6.61 Å².